The molecule has 1 aliphatic rings. The molecular weight excluding hydrogens is 318 g/mol. The smallest absolute Gasteiger partial charge is 0.313 e. The molecule has 0 aromatic carbocycles. The van der Waals surface area contributed by atoms with E-state index in [1.807, 2.05) is 10.9 Å². The molecule has 0 amide bonds. The highest BCUT2D eigenvalue weighted by Gasteiger charge is 2.48. The fraction of sp³-hybridized carbons (Fsp3) is 0.789. The first-order valence-corrected chi connectivity index (χ1v) is 9.45. The monoisotopic (exact) mass is 351 g/mol. The molecule has 2 N–H and O–H groups in total. The van der Waals surface area contributed by atoms with Crippen molar-refractivity contribution >= 4 is 5.97 Å². The summed E-state index contributed by atoms with van der Waals surface area (Å²) in [6.45, 7) is 11.1. The van der Waals surface area contributed by atoms with Crippen LogP contribution in [0.5, 0.6) is 0 Å². The second-order valence-electron chi connectivity index (χ2n) is 7.89. The van der Waals surface area contributed by atoms with Crippen molar-refractivity contribution in [1.82, 2.24) is 14.7 Å². The molecule has 2 heterocycles. The van der Waals surface area contributed by atoms with Gasteiger partial charge in [0.2, 0.25) is 0 Å². The Morgan fingerprint density at radius 3 is 2.80 bits per heavy atom. The topological polar surface area (TPSA) is 78.6 Å². The van der Waals surface area contributed by atoms with E-state index in [-0.39, 0.29) is 0 Å². The third-order valence-electron chi connectivity index (χ3n) is 5.49. The maximum absolute atomic E-state index is 12.1. The van der Waals surface area contributed by atoms with E-state index in [9.17, 15) is 15.0 Å². The van der Waals surface area contributed by atoms with Crippen LogP contribution >= 0.6 is 0 Å². The average Bonchev–Trinajstić information content (AvgIpc) is 2.89. The molecule has 2 atom stereocenters. The van der Waals surface area contributed by atoms with Gasteiger partial charge in [-0.1, -0.05) is 20.8 Å². The summed E-state index contributed by atoms with van der Waals surface area (Å²) < 4.78 is 2.01. The third-order valence-corrected chi connectivity index (χ3v) is 5.49. The van der Waals surface area contributed by atoms with E-state index >= 15 is 0 Å². The minimum atomic E-state index is -1.06. The number of aliphatic hydroxyl groups is 1. The summed E-state index contributed by atoms with van der Waals surface area (Å²) in [5.41, 5.74) is 1.24. The number of likely N-dealkylation sites (tertiary alicyclic amines) is 1. The summed E-state index contributed by atoms with van der Waals surface area (Å²) in [6, 6.07) is 0. The first-order valence-electron chi connectivity index (χ1n) is 9.45. The molecule has 6 heteroatoms. The highest BCUT2D eigenvalue weighted by atomic mass is 16.4. The Labute approximate surface area is 150 Å². The molecule has 0 bridgehead atoms. The van der Waals surface area contributed by atoms with Gasteiger partial charge in [0.1, 0.15) is 5.41 Å². The van der Waals surface area contributed by atoms with Gasteiger partial charge in [-0.2, -0.15) is 5.10 Å². The van der Waals surface area contributed by atoms with E-state index in [4.69, 9.17) is 0 Å². The standard InChI is InChI=1S/C19H33N3O3/c1-5-9-22-15(4)16(11-20-22)12-21-10-7-17(23)19(13-21,18(24)25)8-6-14(2)3/h11,14,17,23H,5-10,12-13H2,1-4H3,(H,24,25)/t17-,19-/m1/s1. The minimum absolute atomic E-state index is 0.397. The fourth-order valence-electron chi connectivity index (χ4n) is 3.73. The van der Waals surface area contributed by atoms with Crippen LogP contribution in [0.2, 0.25) is 0 Å². The van der Waals surface area contributed by atoms with Gasteiger partial charge in [0.05, 0.1) is 12.3 Å². The van der Waals surface area contributed by atoms with Crippen LogP contribution in [0, 0.1) is 18.3 Å². The summed E-state index contributed by atoms with van der Waals surface area (Å²) in [7, 11) is 0. The molecule has 0 aliphatic carbocycles. The molecule has 25 heavy (non-hydrogen) atoms. The van der Waals surface area contributed by atoms with Gasteiger partial charge in [-0.3, -0.25) is 14.4 Å². The van der Waals surface area contributed by atoms with Crippen LogP contribution in [-0.2, 0) is 17.9 Å². The molecule has 142 valence electrons. The summed E-state index contributed by atoms with van der Waals surface area (Å²) in [5, 5.41) is 24.8. The van der Waals surface area contributed by atoms with E-state index < -0.39 is 17.5 Å². The molecule has 1 aliphatic heterocycles. The summed E-state index contributed by atoms with van der Waals surface area (Å²) in [5.74, 6) is -0.447. The molecular formula is C19H33N3O3. The zero-order chi connectivity index (χ0) is 18.6. The van der Waals surface area contributed by atoms with Gasteiger partial charge in [-0.15, -0.1) is 0 Å². The van der Waals surface area contributed by atoms with Gasteiger partial charge in [0, 0.05) is 37.4 Å². The Balaban J connectivity index is 2.13. The largest absolute Gasteiger partial charge is 0.481 e. The lowest BCUT2D eigenvalue weighted by Crippen LogP contribution is -2.55. The maximum atomic E-state index is 12.1. The van der Waals surface area contributed by atoms with Crippen molar-refractivity contribution in [3.8, 4) is 0 Å². The average molecular weight is 351 g/mol. The predicted octanol–water partition coefficient (Wildman–Crippen LogP) is 2.68. The van der Waals surface area contributed by atoms with Gasteiger partial charge in [0.25, 0.3) is 0 Å². The number of carboxylic acid groups (broad SMARTS) is 1. The van der Waals surface area contributed by atoms with Crippen LogP contribution in [0.15, 0.2) is 6.20 Å². The highest BCUT2D eigenvalue weighted by molar-refractivity contribution is 5.76. The van der Waals surface area contributed by atoms with Gasteiger partial charge >= 0.3 is 5.97 Å². The number of aliphatic hydroxyl groups excluding tert-OH is 1. The molecule has 1 saturated heterocycles. The summed E-state index contributed by atoms with van der Waals surface area (Å²) in [4.78, 5) is 14.2. The molecule has 2 rings (SSSR count). The van der Waals surface area contributed by atoms with Crippen molar-refractivity contribution in [1.29, 1.82) is 0 Å². The number of carboxylic acids is 1. The third kappa shape index (κ3) is 4.42. The first-order chi connectivity index (χ1) is 11.8. The Hall–Kier alpha value is -1.40. The van der Waals surface area contributed by atoms with Crippen LogP contribution in [0.3, 0.4) is 0 Å². The summed E-state index contributed by atoms with van der Waals surface area (Å²) in [6.07, 6.45) is 3.99. The molecule has 0 spiro atoms. The van der Waals surface area contributed by atoms with Gasteiger partial charge in [-0.05, 0) is 38.5 Å². The molecule has 1 aromatic heterocycles. The van der Waals surface area contributed by atoms with Crippen LogP contribution in [0.4, 0.5) is 0 Å². The van der Waals surface area contributed by atoms with E-state index in [0.717, 1.165) is 37.2 Å². The van der Waals surface area contributed by atoms with Crippen molar-refractivity contribution in [3.05, 3.63) is 17.5 Å². The number of hydrogen-bond acceptors (Lipinski definition) is 4. The van der Waals surface area contributed by atoms with Crippen LogP contribution < -0.4 is 0 Å². The zero-order valence-corrected chi connectivity index (χ0v) is 16.0. The number of aryl methyl sites for hydroxylation is 1. The van der Waals surface area contributed by atoms with E-state index in [0.29, 0.717) is 31.8 Å². The number of carbonyl (C=O) groups is 1. The molecule has 0 unspecified atom stereocenters. The quantitative estimate of drug-likeness (QED) is 0.753. The van der Waals surface area contributed by atoms with Gasteiger partial charge in [0.15, 0.2) is 0 Å². The number of rotatable bonds is 8. The lowest BCUT2D eigenvalue weighted by atomic mass is 9.72. The number of hydrogen-bond donors (Lipinski definition) is 2. The Kier molecular flexibility index (Phi) is 6.63. The van der Waals surface area contributed by atoms with Crippen molar-refractivity contribution < 1.29 is 15.0 Å². The van der Waals surface area contributed by atoms with E-state index in [2.05, 4.69) is 37.7 Å². The number of aliphatic carboxylic acids is 1. The minimum Gasteiger partial charge on any atom is -0.481 e. The zero-order valence-electron chi connectivity index (χ0n) is 16.0. The van der Waals surface area contributed by atoms with Crippen molar-refractivity contribution in [2.75, 3.05) is 13.1 Å². The second kappa shape index (κ2) is 8.32. The SMILES string of the molecule is CCCn1ncc(CN2CC[C@@H](O)[C@](CCC(C)C)(C(=O)O)C2)c1C. The number of aromatic nitrogens is 2. The fourth-order valence-corrected chi connectivity index (χ4v) is 3.73. The normalized spacial score (nSPS) is 24.8. The molecule has 1 fully saturated rings. The van der Waals surface area contributed by atoms with Gasteiger partial charge in [-0.25, -0.2) is 0 Å². The molecule has 0 radical (unpaired) electrons. The van der Waals surface area contributed by atoms with Crippen molar-refractivity contribution in [2.45, 2.75) is 72.6 Å². The second-order valence-corrected chi connectivity index (χ2v) is 7.89. The van der Waals surface area contributed by atoms with Crippen molar-refractivity contribution in [2.24, 2.45) is 11.3 Å². The summed E-state index contributed by atoms with van der Waals surface area (Å²) >= 11 is 0. The molecule has 0 saturated carbocycles. The van der Waals surface area contributed by atoms with E-state index in [1.165, 1.54) is 0 Å². The Morgan fingerprint density at radius 2 is 2.20 bits per heavy atom. The predicted molar refractivity (Wildman–Crippen MR) is 97.3 cm³/mol. The number of piperidine rings is 1. The number of nitrogens with zero attached hydrogens (tertiary/aromatic N) is 3. The molecule has 1 aromatic rings. The van der Waals surface area contributed by atoms with Crippen LogP contribution in [0.1, 0.15) is 57.7 Å². The highest BCUT2D eigenvalue weighted by Crippen LogP contribution is 2.37. The Morgan fingerprint density at radius 1 is 1.48 bits per heavy atom. The maximum Gasteiger partial charge on any atom is 0.313 e. The Bertz CT molecular complexity index is 584. The lowest BCUT2D eigenvalue weighted by Gasteiger charge is -2.43. The van der Waals surface area contributed by atoms with Crippen LogP contribution in [-0.4, -0.2) is 50.1 Å². The first kappa shape index (κ1) is 19.9. The van der Waals surface area contributed by atoms with Crippen LogP contribution in [0.25, 0.3) is 0 Å². The molecule has 6 nitrogen and oxygen atoms in total. The lowest BCUT2D eigenvalue weighted by molar-refractivity contribution is -0.165. The van der Waals surface area contributed by atoms with Gasteiger partial charge < -0.3 is 10.2 Å². The van der Waals surface area contributed by atoms with E-state index in [1.54, 1.807) is 0 Å². The van der Waals surface area contributed by atoms with Crippen molar-refractivity contribution in [3.63, 3.8) is 0 Å².